The number of hydrogen-bond acceptors (Lipinski definition) is 3. The first-order chi connectivity index (χ1) is 21.1. The van der Waals surface area contributed by atoms with Gasteiger partial charge in [-0.15, -0.1) is 22.6 Å². The standard InChI is InChI=1S/C40H34N3O.Ir/c1-39(2,3)27-15-17-33-29(22-27)30-23-28(40(4,5)6)16-18-34(30)43(33)38-32-20-25-12-8-7-11-24(25)19-31(32)37(41-42-38)36-21-26-13-9-10-14-35(26)44-36;/h7-20,22-23H,1-6H3;/q-1;. The Morgan fingerprint density at radius 2 is 1.16 bits per heavy atom. The van der Waals surface area contributed by atoms with Gasteiger partial charge in [-0.3, -0.25) is 4.57 Å². The van der Waals surface area contributed by atoms with Crippen LogP contribution in [0.25, 0.3) is 71.6 Å². The van der Waals surface area contributed by atoms with Crippen molar-refractivity contribution in [1.82, 2.24) is 14.8 Å². The number of para-hydroxylation sites is 1. The van der Waals surface area contributed by atoms with E-state index in [0.717, 1.165) is 49.4 Å². The largest absolute Gasteiger partial charge is 0.518 e. The summed E-state index contributed by atoms with van der Waals surface area (Å²) in [4.78, 5) is 0. The van der Waals surface area contributed by atoms with Gasteiger partial charge in [-0.1, -0.05) is 102 Å². The molecule has 4 nitrogen and oxygen atoms in total. The Hall–Kier alpha value is -4.31. The van der Waals surface area contributed by atoms with Gasteiger partial charge in [0, 0.05) is 41.8 Å². The van der Waals surface area contributed by atoms with E-state index in [1.165, 1.54) is 21.9 Å². The van der Waals surface area contributed by atoms with E-state index < -0.39 is 0 Å². The summed E-state index contributed by atoms with van der Waals surface area (Å²) in [6.07, 6.45) is 0. The minimum Gasteiger partial charge on any atom is -0.518 e. The number of rotatable bonds is 2. The molecule has 45 heavy (non-hydrogen) atoms. The second kappa shape index (κ2) is 10.4. The summed E-state index contributed by atoms with van der Waals surface area (Å²) >= 11 is 0. The molecule has 0 saturated heterocycles. The first-order valence-electron chi connectivity index (χ1n) is 15.3. The van der Waals surface area contributed by atoms with Gasteiger partial charge in [0.1, 0.15) is 0 Å². The van der Waals surface area contributed by atoms with Gasteiger partial charge in [0.05, 0.1) is 22.5 Å². The molecule has 0 unspecified atom stereocenters. The minimum atomic E-state index is 0. The molecule has 0 fully saturated rings. The van der Waals surface area contributed by atoms with Crippen LogP contribution >= 0.6 is 0 Å². The SMILES string of the molecule is CC(C)(C)c1ccc2c(c1)c1cc(C(C)(C)C)ccc1n2-c1nnc(-c2[c-]c3ccccc3o2)c2cc3ccccc3cc12.[Ir]. The molecule has 0 saturated carbocycles. The molecule has 5 aromatic carbocycles. The van der Waals surface area contributed by atoms with Crippen LogP contribution in [0.1, 0.15) is 52.7 Å². The van der Waals surface area contributed by atoms with Crippen LogP contribution < -0.4 is 0 Å². The zero-order valence-electron chi connectivity index (χ0n) is 26.3. The Bertz CT molecular complexity index is 2310. The molecule has 0 spiro atoms. The smallest absolute Gasteiger partial charge is 0.166 e. The van der Waals surface area contributed by atoms with Crippen molar-refractivity contribution in [2.75, 3.05) is 0 Å². The molecule has 0 aliphatic rings. The molecule has 0 aliphatic carbocycles. The molecule has 8 aromatic rings. The molecule has 5 heteroatoms. The number of furan rings is 1. The van der Waals surface area contributed by atoms with Gasteiger partial charge in [0.2, 0.25) is 0 Å². The molecule has 8 rings (SSSR count). The van der Waals surface area contributed by atoms with Crippen LogP contribution in [0.3, 0.4) is 0 Å². The molecule has 3 aromatic heterocycles. The third-order valence-corrected chi connectivity index (χ3v) is 8.90. The van der Waals surface area contributed by atoms with Gasteiger partial charge in [0.25, 0.3) is 0 Å². The molecule has 3 heterocycles. The van der Waals surface area contributed by atoms with Crippen LogP contribution in [0.5, 0.6) is 0 Å². The zero-order chi connectivity index (χ0) is 30.4. The van der Waals surface area contributed by atoms with Crippen molar-refractivity contribution >= 4 is 54.3 Å². The van der Waals surface area contributed by atoms with Crippen molar-refractivity contribution in [2.24, 2.45) is 0 Å². The number of benzene rings is 5. The normalized spacial score (nSPS) is 12.5. The Balaban J connectivity index is 0.00000325. The van der Waals surface area contributed by atoms with Crippen LogP contribution in [0.4, 0.5) is 0 Å². The second-order valence-corrected chi connectivity index (χ2v) is 14.0. The third kappa shape index (κ3) is 4.77. The average Bonchev–Trinajstić information content (AvgIpc) is 3.57. The van der Waals surface area contributed by atoms with Crippen molar-refractivity contribution in [1.29, 1.82) is 0 Å². The van der Waals surface area contributed by atoms with Crippen LogP contribution in [0.2, 0.25) is 0 Å². The number of hydrogen-bond donors (Lipinski definition) is 0. The first-order valence-corrected chi connectivity index (χ1v) is 15.3. The van der Waals surface area contributed by atoms with E-state index in [9.17, 15) is 0 Å². The summed E-state index contributed by atoms with van der Waals surface area (Å²) in [6.45, 7) is 13.6. The Morgan fingerprint density at radius 3 is 1.73 bits per heavy atom. The molecule has 0 aliphatic heterocycles. The van der Waals surface area contributed by atoms with Crippen molar-refractivity contribution in [2.45, 2.75) is 52.4 Å². The number of nitrogens with zero attached hydrogens (tertiary/aromatic N) is 3. The maximum Gasteiger partial charge on any atom is 0.166 e. The molecule has 0 bridgehead atoms. The molecular formula is C40H34IrN3O-. The van der Waals surface area contributed by atoms with E-state index in [1.807, 2.05) is 24.3 Å². The average molecular weight is 765 g/mol. The van der Waals surface area contributed by atoms with Crippen molar-refractivity contribution in [3.63, 3.8) is 0 Å². The fourth-order valence-corrected chi connectivity index (χ4v) is 6.37. The fraction of sp³-hybridized carbons (Fsp3) is 0.200. The summed E-state index contributed by atoms with van der Waals surface area (Å²) in [5.74, 6) is 1.40. The van der Waals surface area contributed by atoms with Gasteiger partial charge in [0.15, 0.2) is 5.82 Å². The Kier molecular flexibility index (Phi) is 6.78. The maximum atomic E-state index is 6.27. The summed E-state index contributed by atoms with van der Waals surface area (Å²) < 4.78 is 8.56. The van der Waals surface area contributed by atoms with Crippen LogP contribution in [0.15, 0.2) is 101 Å². The van der Waals surface area contributed by atoms with E-state index in [4.69, 9.17) is 14.6 Å². The van der Waals surface area contributed by atoms with Crippen molar-refractivity contribution in [3.05, 3.63) is 114 Å². The molecule has 0 N–H and O–H groups in total. The third-order valence-electron chi connectivity index (χ3n) is 8.90. The number of fused-ring (bicyclic) bond motifs is 6. The number of aromatic nitrogens is 3. The van der Waals surface area contributed by atoms with Crippen LogP contribution in [-0.4, -0.2) is 14.8 Å². The monoisotopic (exact) mass is 765 g/mol. The molecule has 1 radical (unpaired) electrons. The van der Waals surface area contributed by atoms with Gasteiger partial charge in [-0.25, -0.2) is 0 Å². The van der Waals surface area contributed by atoms with Gasteiger partial charge in [-0.2, -0.15) is 5.10 Å². The van der Waals surface area contributed by atoms with E-state index in [1.54, 1.807) is 0 Å². The van der Waals surface area contributed by atoms with Crippen molar-refractivity contribution in [3.8, 4) is 17.3 Å². The molecule has 0 amide bonds. The first kappa shape index (κ1) is 29.4. The minimum absolute atomic E-state index is 0. The van der Waals surface area contributed by atoms with E-state index >= 15 is 0 Å². The Labute approximate surface area is 276 Å². The fourth-order valence-electron chi connectivity index (χ4n) is 6.37. The molecule has 0 atom stereocenters. The second-order valence-electron chi connectivity index (χ2n) is 14.0. The van der Waals surface area contributed by atoms with E-state index in [-0.39, 0.29) is 30.9 Å². The molecule has 225 valence electrons. The summed E-state index contributed by atoms with van der Waals surface area (Å²) in [5, 5.41) is 17.5. The van der Waals surface area contributed by atoms with Crippen molar-refractivity contribution < 1.29 is 24.5 Å². The van der Waals surface area contributed by atoms with Crippen LogP contribution in [0, 0.1) is 6.07 Å². The van der Waals surface area contributed by atoms with Gasteiger partial charge in [-0.05, 0) is 68.4 Å². The molecular weight excluding hydrogens is 731 g/mol. The Morgan fingerprint density at radius 1 is 0.600 bits per heavy atom. The summed E-state index contributed by atoms with van der Waals surface area (Å²) in [7, 11) is 0. The summed E-state index contributed by atoms with van der Waals surface area (Å²) in [6, 6.07) is 38.0. The predicted molar refractivity (Wildman–Crippen MR) is 183 cm³/mol. The quantitative estimate of drug-likeness (QED) is 0.130. The zero-order valence-corrected chi connectivity index (χ0v) is 28.7. The maximum absolute atomic E-state index is 6.27. The predicted octanol–water partition coefficient (Wildman–Crippen LogP) is 10.7. The van der Waals surface area contributed by atoms with E-state index in [2.05, 4.69) is 125 Å². The topological polar surface area (TPSA) is 43.9 Å². The van der Waals surface area contributed by atoms with Crippen LogP contribution in [-0.2, 0) is 30.9 Å². The summed E-state index contributed by atoms with van der Waals surface area (Å²) in [5.41, 5.74) is 6.38. The van der Waals surface area contributed by atoms with E-state index in [0.29, 0.717) is 11.5 Å². The van der Waals surface area contributed by atoms with Gasteiger partial charge < -0.3 is 4.42 Å². The van der Waals surface area contributed by atoms with Gasteiger partial charge >= 0.3 is 0 Å².